The maximum Gasteiger partial charge on any atom is 0.417 e. The second kappa shape index (κ2) is 5.02. The van der Waals surface area contributed by atoms with Gasteiger partial charge in [-0.25, -0.2) is 4.39 Å². The van der Waals surface area contributed by atoms with E-state index in [1.54, 1.807) is 0 Å². The topological polar surface area (TPSA) is 0 Å². The Morgan fingerprint density at radius 2 is 1.58 bits per heavy atom. The molecule has 0 nitrogen and oxygen atoms in total. The minimum atomic E-state index is -4.68. The van der Waals surface area contributed by atoms with Gasteiger partial charge in [0.2, 0.25) is 0 Å². The molecule has 0 aliphatic heterocycles. The summed E-state index contributed by atoms with van der Waals surface area (Å²) >= 11 is 11.7. The zero-order valence-corrected chi connectivity index (χ0v) is 10.7. The SMILES string of the molecule is Fc1ccc(-c2cccc(Cl)c2Cl)c(C(F)(F)F)c1. The van der Waals surface area contributed by atoms with Crippen LogP contribution in [-0.4, -0.2) is 0 Å². The maximum absolute atomic E-state index is 13.0. The zero-order chi connectivity index (χ0) is 14.2. The molecule has 0 saturated carbocycles. The van der Waals surface area contributed by atoms with Crippen LogP contribution in [0.3, 0.4) is 0 Å². The first-order valence-electron chi connectivity index (χ1n) is 5.12. The monoisotopic (exact) mass is 308 g/mol. The Bertz CT molecular complexity index is 621. The van der Waals surface area contributed by atoms with E-state index in [0.29, 0.717) is 6.07 Å². The van der Waals surface area contributed by atoms with Gasteiger partial charge in [0.15, 0.2) is 0 Å². The van der Waals surface area contributed by atoms with E-state index in [1.165, 1.54) is 18.2 Å². The van der Waals surface area contributed by atoms with Crippen molar-refractivity contribution in [2.24, 2.45) is 0 Å². The lowest BCUT2D eigenvalue weighted by atomic mass is 9.99. The Morgan fingerprint density at radius 1 is 0.895 bits per heavy atom. The van der Waals surface area contributed by atoms with Crippen molar-refractivity contribution in [3.8, 4) is 11.1 Å². The van der Waals surface area contributed by atoms with Gasteiger partial charge in [-0.15, -0.1) is 0 Å². The highest BCUT2D eigenvalue weighted by atomic mass is 35.5. The third kappa shape index (κ3) is 2.85. The van der Waals surface area contributed by atoms with Crippen molar-refractivity contribution in [1.29, 1.82) is 0 Å². The molecule has 0 N–H and O–H groups in total. The van der Waals surface area contributed by atoms with Crippen molar-refractivity contribution in [3.05, 3.63) is 57.8 Å². The molecule has 2 aromatic rings. The highest BCUT2D eigenvalue weighted by Crippen LogP contribution is 2.41. The van der Waals surface area contributed by atoms with Crippen LogP contribution in [0.5, 0.6) is 0 Å². The first kappa shape index (κ1) is 14.2. The molecule has 0 aliphatic rings. The largest absolute Gasteiger partial charge is 0.417 e. The van der Waals surface area contributed by atoms with E-state index in [9.17, 15) is 17.6 Å². The van der Waals surface area contributed by atoms with Gasteiger partial charge in [-0.05, 0) is 23.8 Å². The molecular formula is C13H6Cl2F4. The van der Waals surface area contributed by atoms with Gasteiger partial charge in [0.1, 0.15) is 5.82 Å². The van der Waals surface area contributed by atoms with E-state index in [4.69, 9.17) is 23.2 Å². The molecule has 2 aromatic carbocycles. The normalized spacial score (nSPS) is 11.7. The van der Waals surface area contributed by atoms with Crippen LogP contribution in [0.25, 0.3) is 11.1 Å². The van der Waals surface area contributed by atoms with Crippen molar-refractivity contribution >= 4 is 23.2 Å². The molecule has 0 aromatic heterocycles. The summed E-state index contributed by atoms with van der Waals surface area (Å²) < 4.78 is 51.7. The minimum absolute atomic E-state index is 0.00118. The van der Waals surface area contributed by atoms with Crippen molar-refractivity contribution in [2.45, 2.75) is 6.18 Å². The van der Waals surface area contributed by atoms with Crippen LogP contribution < -0.4 is 0 Å². The number of benzene rings is 2. The summed E-state index contributed by atoms with van der Waals surface area (Å²) in [7, 11) is 0. The number of hydrogen-bond donors (Lipinski definition) is 0. The van der Waals surface area contributed by atoms with Crippen LogP contribution in [-0.2, 0) is 6.18 Å². The molecule has 100 valence electrons. The maximum atomic E-state index is 13.0. The molecule has 0 heterocycles. The number of halogens is 6. The molecular weight excluding hydrogens is 303 g/mol. The molecule has 0 aliphatic carbocycles. The van der Waals surface area contributed by atoms with Gasteiger partial charge >= 0.3 is 6.18 Å². The lowest BCUT2D eigenvalue weighted by Gasteiger charge is -2.14. The zero-order valence-electron chi connectivity index (χ0n) is 9.23. The van der Waals surface area contributed by atoms with Crippen molar-refractivity contribution in [1.82, 2.24) is 0 Å². The summed E-state index contributed by atoms with van der Waals surface area (Å²) in [5.74, 6) is -0.964. The second-order valence-corrected chi connectivity index (χ2v) is 4.57. The molecule has 6 heteroatoms. The Kier molecular flexibility index (Phi) is 3.74. The molecule has 0 radical (unpaired) electrons. The summed E-state index contributed by atoms with van der Waals surface area (Å²) in [6.45, 7) is 0. The summed E-state index contributed by atoms with van der Waals surface area (Å²) in [5.41, 5.74) is -1.18. The Morgan fingerprint density at radius 3 is 2.21 bits per heavy atom. The first-order valence-corrected chi connectivity index (χ1v) is 5.87. The molecule has 19 heavy (non-hydrogen) atoms. The number of hydrogen-bond acceptors (Lipinski definition) is 0. The molecule has 0 spiro atoms. The lowest BCUT2D eigenvalue weighted by molar-refractivity contribution is -0.137. The fourth-order valence-corrected chi connectivity index (χ4v) is 2.10. The van der Waals surface area contributed by atoms with E-state index in [0.717, 1.165) is 12.1 Å². The van der Waals surface area contributed by atoms with Gasteiger partial charge in [-0.2, -0.15) is 13.2 Å². The smallest absolute Gasteiger partial charge is 0.207 e. The van der Waals surface area contributed by atoms with Crippen LogP contribution in [0, 0.1) is 5.82 Å². The molecule has 0 saturated heterocycles. The third-order valence-corrected chi connectivity index (χ3v) is 3.35. The van der Waals surface area contributed by atoms with Gasteiger partial charge in [-0.1, -0.05) is 41.4 Å². The fourth-order valence-electron chi connectivity index (χ4n) is 1.70. The highest BCUT2D eigenvalue weighted by molar-refractivity contribution is 6.43. The lowest BCUT2D eigenvalue weighted by Crippen LogP contribution is -2.08. The van der Waals surface area contributed by atoms with Crippen molar-refractivity contribution < 1.29 is 17.6 Å². The Balaban J connectivity index is 2.72. The highest BCUT2D eigenvalue weighted by Gasteiger charge is 2.34. The molecule has 0 atom stereocenters. The van der Waals surface area contributed by atoms with Crippen LogP contribution in [0.4, 0.5) is 17.6 Å². The van der Waals surface area contributed by atoms with Crippen LogP contribution in [0.15, 0.2) is 36.4 Å². The quantitative estimate of drug-likeness (QED) is 0.582. The predicted molar refractivity (Wildman–Crippen MR) is 66.9 cm³/mol. The standard InChI is InChI=1S/C13H6Cl2F4/c14-11-3-1-2-9(12(11)15)8-5-4-7(16)6-10(8)13(17,18)19/h1-6H. The average molecular weight is 309 g/mol. The molecule has 0 fully saturated rings. The minimum Gasteiger partial charge on any atom is -0.207 e. The molecule has 2 rings (SSSR count). The molecule has 0 unspecified atom stereocenters. The first-order chi connectivity index (χ1) is 8.80. The van der Waals surface area contributed by atoms with Crippen LogP contribution in [0.2, 0.25) is 10.0 Å². The van der Waals surface area contributed by atoms with Crippen LogP contribution >= 0.6 is 23.2 Å². The number of alkyl halides is 3. The predicted octanol–water partition coefficient (Wildman–Crippen LogP) is 5.82. The van der Waals surface area contributed by atoms with Crippen molar-refractivity contribution in [2.75, 3.05) is 0 Å². The fraction of sp³-hybridized carbons (Fsp3) is 0.0769. The van der Waals surface area contributed by atoms with Gasteiger partial charge in [0.05, 0.1) is 15.6 Å². The van der Waals surface area contributed by atoms with Gasteiger partial charge in [0, 0.05) is 5.56 Å². The van der Waals surface area contributed by atoms with E-state index in [2.05, 4.69) is 0 Å². The summed E-state index contributed by atoms with van der Waals surface area (Å²) in [6, 6.07) is 6.76. The Labute approximate surface area is 116 Å². The average Bonchev–Trinajstić information content (AvgIpc) is 2.32. The third-order valence-electron chi connectivity index (χ3n) is 2.53. The second-order valence-electron chi connectivity index (χ2n) is 3.79. The van der Waals surface area contributed by atoms with Crippen LogP contribution in [0.1, 0.15) is 5.56 Å². The van der Waals surface area contributed by atoms with Gasteiger partial charge < -0.3 is 0 Å². The van der Waals surface area contributed by atoms with Gasteiger partial charge in [0.25, 0.3) is 0 Å². The van der Waals surface area contributed by atoms with Crippen molar-refractivity contribution in [3.63, 3.8) is 0 Å². The van der Waals surface area contributed by atoms with Gasteiger partial charge in [-0.3, -0.25) is 0 Å². The summed E-state index contributed by atoms with van der Waals surface area (Å²) in [6.07, 6.45) is -4.68. The van der Waals surface area contributed by atoms with E-state index in [1.807, 2.05) is 0 Å². The molecule has 0 bridgehead atoms. The van der Waals surface area contributed by atoms with E-state index in [-0.39, 0.29) is 21.2 Å². The summed E-state index contributed by atoms with van der Waals surface area (Å²) in [4.78, 5) is 0. The Hall–Kier alpha value is -1.26. The number of rotatable bonds is 1. The van der Waals surface area contributed by atoms with E-state index < -0.39 is 17.6 Å². The molecule has 0 amide bonds. The summed E-state index contributed by atoms with van der Waals surface area (Å²) in [5, 5.41) is 0.137. The van der Waals surface area contributed by atoms with E-state index >= 15 is 0 Å².